The van der Waals surface area contributed by atoms with Crippen LogP contribution in [0.1, 0.15) is 23.5 Å². The van der Waals surface area contributed by atoms with Crippen molar-refractivity contribution in [3.63, 3.8) is 0 Å². The molecule has 3 heteroatoms. The van der Waals surface area contributed by atoms with Crippen molar-refractivity contribution in [3.05, 3.63) is 33.8 Å². The van der Waals surface area contributed by atoms with Crippen molar-refractivity contribution < 1.29 is 0 Å². The first-order valence-electron chi connectivity index (χ1n) is 4.71. The standard InChI is InChI=1S/C11H11BrN2/c12-11-5-8(1-2-9(11)6-13)10-3-4-14-7-10/h1-2,5,10,14H,3-4,7H2. The van der Waals surface area contributed by atoms with E-state index in [-0.39, 0.29) is 0 Å². The minimum absolute atomic E-state index is 0.610. The third-order valence-corrected chi connectivity index (χ3v) is 3.30. The summed E-state index contributed by atoms with van der Waals surface area (Å²) in [4.78, 5) is 0. The summed E-state index contributed by atoms with van der Waals surface area (Å²) in [6.45, 7) is 2.15. The Morgan fingerprint density at radius 3 is 2.93 bits per heavy atom. The van der Waals surface area contributed by atoms with Gasteiger partial charge < -0.3 is 5.32 Å². The summed E-state index contributed by atoms with van der Waals surface area (Å²) in [5.41, 5.74) is 2.03. The molecule has 0 spiro atoms. The van der Waals surface area contributed by atoms with Crippen LogP contribution in [0.2, 0.25) is 0 Å². The molecule has 2 rings (SSSR count). The van der Waals surface area contributed by atoms with Crippen molar-refractivity contribution >= 4 is 15.9 Å². The third-order valence-electron chi connectivity index (χ3n) is 2.65. The first-order chi connectivity index (χ1) is 6.81. The van der Waals surface area contributed by atoms with Crippen molar-refractivity contribution in [2.45, 2.75) is 12.3 Å². The molecule has 1 aromatic rings. The maximum Gasteiger partial charge on any atom is 0.100 e. The molecule has 1 atom stereocenters. The smallest absolute Gasteiger partial charge is 0.100 e. The highest BCUT2D eigenvalue weighted by molar-refractivity contribution is 9.10. The molecular formula is C11H11BrN2. The molecule has 72 valence electrons. The number of hydrogen-bond acceptors (Lipinski definition) is 2. The van der Waals surface area contributed by atoms with Gasteiger partial charge in [0.1, 0.15) is 6.07 Å². The van der Waals surface area contributed by atoms with E-state index in [1.165, 1.54) is 12.0 Å². The maximum atomic E-state index is 8.78. The van der Waals surface area contributed by atoms with Gasteiger partial charge >= 0.3 is 0 Å². The third kappa shape index (κ3) is 1.82. The molecule has 14 heavy (non-hydrogen) atoms. The molecule has 1 N–H and O–H groups in total. The highest BCUT2D eigenvalue weighted by atomic mass is 79.9. The molecule has 1 unspecified atom stereocenters. The maximum absolute atomic E-state index is 8.78. The van der Waals surface area contributed by atoms with Crippen LogP contribution in [0, 0.1) is 11.3 Å². The van der Waals surface area contributed by atoms with E-state index in [0.29, 0.717) is 11.5 Å². The summed E-state index contributed by atoms with van der Waals surface area (Å²) in [7, 11) is 0. The van der Waals surface area contributed by atoms with Gasteiger partial charge in [0.2, 0.25) is 0 Å². The van der Waals surface area contributed by atoms with Gasteiger partial charge in [-0.25, -0.2) is 0 Å². The molecule has 0 saturated carbocycles. The summed E-state index contributed by atoms with van der Waals surface area (Å²) < 4.78 is 0.907. The summed E-state index contributed by atoms with van der Waals surface area (Å²) in [6.07, 6.45) is 1.19. The van der Waals surface area contributed by atoms with Crippen LogP contribution in [0.5, 0.6) is 0 Å². The predicted molar refractivity (Wildman–Crippen MR) is 59.1 cm³/mol. The summed E-state index contributed by atoms with van der Waals surface area (Å²) in [5, 5.41) is 12.1. The second-order valence-corrected chi connectivity index (χ2v) is 4.40. The minimum atomic E-state index is 0.610. The SMILES string of the molecule is N#Cc1ccc(C2CCNC2)cc1Br. The molecule has 0 radical (unpaired) electrons. The lowest BCUT2D eigenvalue weighted by atomic mass is 9.97. The predicted octanol–water partition coefficient (Wildman–Crippen LogP) is 2.40. The van der Waals surface area contributed by atoms with Gasteiger partial charge in [-0.15, -0.1) is 0 Å². The highest BCUT2D eigenvalue weighted by Gasteiger charge is 2.16. The quantitative estimate of drug-likeness (QED) is 0.831. The second-order valence-electron chi connectivity index (χ2n) is 3.54. The van der Waals surface area contributed by atoms with Gasteiger partial charge in [-0.05, 0) is 52.5 Å². The molecule has 0 bridgehead atoms. The van der Waals surface area contributed by atoms with Gasteiger partial charge in [0, 0.05) is 11.0 Å². The molecule has 1 aliphatic heterocycles. The van der Waals surface area contributed by atoms with Crippen LogP contribution in [0.3, 0.4) is 0 Å². The number of hydrogen-bond donors (Lipinski definition) is 1. The Hall–Kier alpha value is -0.850. The van der Waals surface area contributed by atoms with E-state index < -0.39 is 0 Å². The summed E-state index contributed by atoms with van der Waals surface area (Å²) >= 11 is 3.41. The number of nitrogens with one attached hydrogen (secondary N) is 1. The summed E-state index contributed by atoms with van der Waals surface area (Å²) in [5.74, 6) is 0.610. The Balaban J connectivity index is 2.28. The zero-order chi connectivity index (χ0) is 9.97. The fourth-order valence-electron chi connectivity index (χ4n) is 1.82. The van der Waals surface area contributed by atoms with E-state index >= 15 is 0 Å². The lowest BCUT2D eigenvalue weighted by Crippen LogP contribution is -2.07. The van der Waals surface area contributed by atoms with Crippen molar-refractivity contribution in [1.82, 2.24) is 5.32 Å². The number of nitriles is 1. The number of halogens is 1. The lowest BCUT2D eigenvalue weighted by Gasteiger charge is -2.09. The number of nitrogens with zero attached hydrogens (tertiary/aromatic N) is 1. The largest absolute Gasteiger partial charge is 0.316 e. The van der Waals surface area contributed by atoms with Crippen LogP contribution >= 0.6 is 15.9 Å². The first-order valence-corrected chi connectivity index (χ1v) is 5.51. The van der Waals surface area contributed by atoms with Crippen LogP contribution in [-0.2, 0) is 0 Å². The Bertz CT molecular complexity index is 375. The molecule has 0 aromatic heterocycles. The number of rotatable bonds is 1. The highest BCUT2D eigenvalue weighted by Crippen LogP contribution is 2.26. The van der Waals surface area contributed by atoms with Crippen LogP contribution in [0.15, 0.2) is 22.7 Å². The Kier molecular flexibility index (Phi) is 2.85. The van der Waals surface area contributed by atoms with Gasteiger partial charge in [0.05, 0.1) is 5.56 Å². The monoisotopic (exact) mass is 250 g/mol. The Morgan fingerprint density at radius 2 is 2.36 bits per heavy atom. The average molecular weight is 251 g/mol. The number of benzene rings is 1. The van der Waals surface area contributed by atoms with Crippen LogP contribution < -0.4 is 5.32 Å². The molecule has 1 heterocycles. The fraction of sp³-hybridized carbons (Fsp3) is 0.364. The van der Waals surface area contributed by atoms with Crippen LogP contribution in [0.4, 0.5) is 0 Å². The average Bonchev–Trinajstić information content (AvgIpc) is 2.70. The Labute approximate surface area is 92.1 Å². The van der Waals surface area contributed by atoms with Gasteiger partial charge in [-0.1, -0.05) is 6.07 Å². The summed E-state index contributed by atoms with van der Waals surface area (Å²) in [6, 6.07) is 8.16. The van der Waals surface area contributed by atoms with Crippen LogP contribution in [0.25, 0.3) is 0 Å². The molecule has 1 aromatic carbocycles. The minimum Gasteiger partial charge on any atom is -0.316 e. The van der Waals surface area contributed by atoms with Gasteiger partial charge in [-0.3, -0.25) is 0 Å². The lowest BCUT2D eigenvalue weighted by molar-refractivity contribution is 0.763. The molecule has 0 aliphatic carbocycles. The first kappa shape index (κ1) is 9.70. The van der Waals surface area contributed by atoms with Crippen molar-refractivity contribution in [1.29, 1.82) is 5.26 Å². The normalized spacial score (nSPS) is 20.7. The molecule has 0 amide bonds. The zero-order valence-corrected chi connectivity index (χ0v) is 9.34. The molecular weight excluding hydrogens is 240 g/mol. The van der Waals surface area contributed by atoms with E-state index in [1.54, 1.807) is 0 Å². The van der Waals surface area contributed by atoms with E-state index in [4.69, 9.17) is 5.26 Å². The van der Waals surface area contributed by atoms with Crippen molar-refractivity contribution in [2.75, 3.05) is 13.1 Å². The molecule has 1 saturated heterocycles. The van der Waals surface area contributed by atoms with E-state index in [1.807, 2.05) is 6.07 Å². The molecule has 1 fully saturated rings. The van der Waals surface area contributed by atoms with E-state index in [9.17, 15) is 0 Å². The van der Waals surface area contributed by atoms with E-state index in [2.05, 4.69) is 39.4 Å². The Morgan fingerprint density at radius 1 is 1.50 bits per heavy atom. The van der Waals surface area contributed by atoms with Crippen LogP contribution in [-0.4, -0.2) is 13.1 Å². The fourth-order valence-corrected chi connectivity index (χ4v) is 2.30. The molecule has 2 nitrogen and oxygen atoms in total. The van der Waals surface area contributed by atoms with Gasteiger partial charge in [-0.2, -0.15) is 5.26 Å². The van der Waals surface area contributed by atoms with E-state index in [0.717, 1.165) is 17.6 Å². The van der Waals surface area contributed by atoms with Crippen molar-refractivity contribution in [3.8, 4) is 6.07 Å². The zero-order valence-electron chi connectivity index (χ0n) is 7.76. The topological polar surface area (TPSA) is 35.8 Å². The second kappa shape index (κ2) is 4.12. The van der Waals surface area contributed by atoms with Gasteiger partial charge in [0.25, 0.3) is 0 Å². The van der Waals surface area contributed by atoms with Gasteiger partial charge in [0.15, 0.2) is 0 Å². The molecule has 1 aliphatic rings. The van der Waals surface area contributed by atoms with Crippen molar-refractivity contribution in [2.24, 2.45) is 0 Å².